The van der Waals surface area contributed by atoms with Crippen molar-refractivity contribution >= 4 is 5.69 Å². The Kier molecular flexibility index (Phi) is 6.46. The summed E-state index contributed by atoms with van der Waals surface area (Å²) in [6.45, 7) is 0. The van der Waals surface area contributed by atoms with Gasteiger partial charge in [0.1, 0.15) is 0 Å². The van der Waals surface area contributed by atoms with Crippen molar-refractivity contribution in [2.45, 2.75) is 0 Å². The van der Waals surface area contributed by atoms with Crippen molar-refractivity contribution in [3.05, 3.63) is 95.0 Å². The summed E-state index contributed by atoms with van der Waals surface area (Å²) in [5.41, 5.74) is 2.46. The smallest absolute Gasteiger partial charge is 0.376 e. The van der Waals surface area contributed by atoms with Crippen molar-refractivity contribution in [3.63, 3.8) is 0 Å². The van der Waals surface area contributed by atoms with Gasteiger partial charge in [-0.05, 0) is 17.7 Å². The summed E-state index contributed by atoms with van der Waals surface area (Å²) in [6.07, 6.45) is 0. The summed E-state index contributed by atoms with van der Waals surface area (Å²) in [5, 5.41) is 14.6. The van der Waals surface area contributed by atoms with Crippen LogP contribution >= 0.6 is 0 Å². The molecule has 0 N–H and O–H groups in total. The van der Waals surface area contributed by atoms with Gasteiger partial charge in [-0.2, -0.15) is 30.3 Å². The predicted molar refractivity (Wildman–Crippen MR) is 91.7 cm³/mol. The third-order valence-electron chi connectivity index (χ3n) is 3.39. The van der Waals surface area contributed by atoms with E-state index < -0.39 is 4.92 Å². The molecule has 126 valence electrons. The van der Waals surface area contributed by atoms with Crippen LogP contribution in [0.25, 0.3) is 22.6 Å². The normalized spacial score (nSPS) is 9.60. The first-order valence-corrected chi connectivity index (χ1v) is 7.34. The van der Waals surface area contributed by atoms with Gasteiger partial charge >= 0.3 is 17.1 Å². The molecule has 0 atom stereocenters. The van der Waals surface area contributed by atoms with Crippen molar-refractivity contribution in [2.75, 3.05) is 0 Å². The van der Waals surface area contributed by atoms with Crippen LogP contribution < -0.4 is 0 Å². The van der Waals surface area contributed by atoms with Crippen LogP contribution in [0, 0.1) is 10.1 Å². The topological polar surface area (TPSA) is 69.2 Å². The van der Waals surface area contributed by atoms with Crippen molar-refractivity contribution in [3.8, 4) is 22.6 Å². The molecule has 4 aromatic rings. The predicted octanol–water partition coefficient (Wildman–Crippen LogP) is 5.04. The molecule has 0 aliphatic carbocycles. The SMILES string of the molecule is O=[N+]([O-])c1ccc(-c2cc(-[c-]3cccc3)on2)cc1.[Fe+2].c1cc[cH-]c1. The molecule has 0 bridgehead atoms. The molecule has 0 saturated heterocycles. The van der Waals surface area contributed by atoms with E-state index in [9.17, 15) is 10.1 Å². The summed E-state index contributed by atoms with van der Waals surface area (Å²) in [4.78, 5) is 10.2. The van der Waals surface area contributed by atoms with E-state index in [0.717, 1.165) is 11.1 Å². The zero-order valence-corrected chi connectivity index (χ0v) is 14.2. The maximum atomic E-state index is 10.6. The number of non-ortho nitro benzene ring substituents is 1. The molecule has 0 unspecified atom stereocenters. The van der Waals surface area contributed by atoms with Crippen LogP contribution in [0.4, 0.5) is 5.69 Å². The van der Waals surface area contributed by atoms with Crippen molar-refractivity contribution in [1.29, 1.82) is 0 Å². The fraction of sp³-hybridized carbons (Fsp3) is 0. The van der Waals surface area contributed by atoms with Gasteiger partial charge in [0, 0.05) is 12.1 Å². The van der Waals surface area contributed by atoms with Gasteiger partial charge < -0.3 is 4.52 Å². The Morgan fingerprint density at radius 2 is 1.68 bits per heavy atom. The van der Waals surface area contributed by atoms with Gasteiger partial charge in [-0.25, -0.2) is 12.1 Å². The van der Waals surface area contributed by atoms with E-state index in [1.807, 2.05) is 60.7 Å². The maximum absolute atomic E-state index is 10.6. The van der Waals surface area contributed by atoms with Crippen molar-refractivity contribution in [1.82, 2.24) is 5.16 Å². The molecule has 0 aliphatic rings. The number of nitro benzene ring substituents is 1. The molecule has 0 radical (unpaired) electrons. The Hall–Kier alpha value is -2.95. The Balaban J connectivity index is 0.000000325. The minimum atomic E-state index is -0.429. The number of benzene rings is 1. The molecule has 3 aromatic carbocycles. The quantitative estimate of drug-likeness (QED) is 0.218. The summed E-state index contributed by atoms with van der Waals surface area (Å²) in [7, 11) is 0. The summed E-state index contributed by atoms with van der Waals surface area (Å²) >= 11 is 0. The first-order valence-electron chi connectivity index (χ1n) is 7.34. The zero-order valence-electron chi connectivity index (χ0n) is 13.1. The van der Waals surface area contributed by atoms with Gasteiger partial charge in [0.25, 0.3) is 5.69 Å². The van der Waals surface area contributed by atoms with Crippen molar-refractivity contribution in [2.24, 2.45) is 0 Å². The first-order chi connectivity index (χ1) is 11.7. The molecule has 0 spiro atoms. The van der Waals surface area contributed by atoms with Crippen molar-refractivity contribution < 1.29 is 26.5 Å². The molecule has 0 fully saturated rings. The second kappa shape index (κ2) is 8.78. The van der Waals surface area contributed by atoms with Crippen LogP contribution in [0.15, 0.2) is 89.5 Å². The Morgan fingerprint density at radius 3 is 2.20 bits per heavy atom. The number of rotatable bonds is 3. The van der Waals surface area contributed by atoms with E-state index in [0.29, 0.717) is 11.5 Å². The number of hydrogen-bond donors (Lipinski definition) is 0. The summed E-state index contributed by atoms with van der Waals surface area (Å²) < 4.78 is 5.26. The van der Waals surface area contributed by atoms with Crippen LogP contribution in [0.5, 0.6) is 0 Å². The van der Waals surface area contributed by atoms with Gasteiger partial charge in [0.15, 0.2) is 0 Å². The van der Waals surface area contributed by atoms with Gasteiger partial charge in [-0.1, -0.05) is 16.8 Å². The second-order valence-electron chi connectivity index (χ2n) is 5.02. The van der Waals surface area contributed by atoms with Gasteiger partial charge in [-0.3, -0.25) is 10.1 Å². The molecule has 0 saturated carbocycles. The van der Waals surface area contributed by atoms with E-state index in [-0.39, 0.29) is 22.8 Å². The fourth-order valence-corrected chi connectivity index (χ4v) is 2.16. The minimum Gasteiger partial charge on any atom is -0.376 e. The molecule has 25 heavy (non-hydrogen) atoms. The first kappa shape index (κ1) is 18.4. The molecule has 6 heteroatoms. The Bertz CT molecular complexity index is 862. The van der Waals surface area contributed by atoms with E-state index in [1.165, 1.54) is 12.1 Å². The van der Waals surface area contributed by atoms with E-state index in [2.05, 4.69) is 5.16 Å². The molecular formula is C19H14FeN2O3. The minimum absolute atomic E-state index is 0. The molecule has 1 heterocycles. The molecule has 1 aromatic heterocycles. The average molecular weight is 374 g/mol. The van der Waals surface area contributed by atoms with Gasteiger partial charge in [-0.15, -0.1) is 12.1 Å². The van der Waals surface area contributed by atoms with E-state index in [1.54, 1.807) is 12.1 Å². The summed E-state index contributed by atoms with van der Waals surface area (Å²) in [6, 6.07) is 25.7. The molecule has 0 amide bonds. The standard InChI is InChI=1S/C14H9N2O3.C5H5.Fe/c17-16(18)12-7-5-10(6-8-12)13-9-14(19-15-13)11-3-1-2-4-11;1-2-4-5-3-1;/h1-9H;1-5H;/q2*-1;+2. The largest absolute Gasteiger partial charge is 2.00 e. The van der Waals surface area contributed by atoms with E-state index in [4.69, 9.17) is 4.52 Å². The van der Waals surface area contributed by atoms with Crippen LogP contribution in [-0.2, 0) is 17.1 Å². The van der Waals surface area contributed by atoms with Crippen LogP contribution in [0.1, 0.15) is 0 Å². The van der Waals surface area contributed by atoms with E-state index >= 15 is 0 Å². The molecule has 0 aliphatic heterocycles. The zero-order chi connectivity index (χ0) is 16.8. The number of aromatic nitrogens is 1. The second-order valence-corrected chi connectivity index (χ2v) is 5.02. The number of nitro groups is 1. The molecule has 5 nitrogen and oxygen atoms in total. The third kappa shape index (κ3) is 4.76. The fourth-order valence-electron chi connectivity index (χ4n) is 2.16. The maximum Gasteiger partial charge on any atom is 2.00 e. The summed E-state index contributed by atoms with van der Waals surface area (Å²) in [5.74, 6) is 0.679. The number of hydrogen-bond acceptors (Lipinski definition) is 4. The van der Waals surface area contributed by atoms with Crippen LogP contribution in [0.3, 0.4) is 0 Å². The third-order valence-corrected chi connectivity index (χ3v) is 3.39. The van der Waals surface area contributed by atoms with Gasteiger partial charge in [0.05, 0.1) is 16.4 Å². The molecular weight excluding hydrogens is 360 g/mol. The Morgan fingerprint density at radius 1 is 1.04 bits per heavy atom. The monoisotopic (exact) mass is 374 g/mol. The molecule has 4 rings (SSSR count). The number of nitrogens with zero attached hydrogens (tertiary/aromatic N) is 2. The average Bonchev–Trinajstić information content (AvgIpc) is 3.38. The Labute approximate surface area is 155 Å². The van der Waals surface area contributed by atoms with Crippen LogP contribution in [0.2, 0.25) is 0 Å². The van der Waals surface area contributed by atoms with Gasteiger partial charge in [0.2, 0.25) is 0 Å². The van der Waals surface area contributed by atoms with Crippen LogP contribution in [-0.4, -0.2) is 10.1 Å².